The molecule has 4 nitrogen and oxygen atoms in total. The van der Waals surface area contributed by atoms with Crippen LogP contribution >= 0.6 is 11.3 Å². The van der Waals surface area contributed by atoms with E-state index >= 15 is 0 Å². The van der Waals surface area contributed by atoms with E-state index in [1.807, 2.05) is 29.1 Å². The van der Waals surface area contributed by atoms with E-state index in [0.29, 0.717) is 12.1 Å². The van der Waals surface area contributed by atoms with Crippen molar-refractivity contribution in [2.45, 2.75) is 39.2 Å². The quantitative estimate of drug-likeness (QED) is 0.724. The van der Waals surface area contributed by atoms with Crippen LogP contribution in [-0.2, 0) is 17.6 Å². The third-order valence-electron chi connectivity index (χ3n) is 5.01. The second-order valence-corrected chi connectivity index (χ2v) is 8.69. The van der Waals surface area contributed by atoms with E-state index in [-0.39, 0.29) is 23.2 Å². The maximum absolute atomic E-state index is 13.7. The Morgan fingerprint density at radius 2 is 2.26 bits per heavy atom. The zero-order chi connectivity index (χ0) is 19.0. The molecule has 4 rings (SSSR count). The number of rotatable bonds is 4. The molecule has 0 saturated carbocycles. The van der Waals surface area contributed by atoms with Crippen LogP contribution in [0, 0.1) is 11.2 Å². The van der Waals surface area contributed by atoms with E-state index < -0.39 is 0 Å². The van der Waals surface area contributed by atoms with Gasteiger partial charge in [-0.3, -0.25) is 4.79 Å². The normalized spacial score (nSPS) is 18.1. The number of carbonyl (C=O) groups excluding carboxylic acids is 1. The second kappa shape index (κ2) is 6.93. The van der Waals surface area contributed by atoms with Crippen molar-refractivity contribution in [2.24, 2.45) is 5.41 Å². The molecule has 1 aliphatic rings. The maximum Gasteiger partial charge on any atom is 0.224 e. The first-order valence-corrected chi connectivity index (χ1v) is 9.99. The molecule has 1 atom stereocenters. The molecule has 3 aromatic rings. The lowest BCUT2D eigenvalue weighted by atomic mass is 9.74. The van der Waals surface area contributed by atoms with Crippen molar-refractivity contribution in [2.75, 3.05) is 0 Å². The Bertz CT molecular complexity index is 962. The number of hydrogen-bond donors (Lipinski definition) is 1. The lowest BCUT2D eigenvalue weighted by Gasteiger charge is -2.36. The van der Waals surface area contributed by atoms with Crippen LogP contribution in [0.25, 0.3) is 5.69 Å². The summed E-state index contributed by atoms with van der Waals surface area (Å²) < 4.78 is 15.5. The Balaban J connectivity index is 1.63. The summed E-state index contributed by atoms with van der Waals surface area (Å²) in [4.78, 5) is 12.5. The summed E-state index contributed by atoms with van der Waals surface area (Å²) >= 11 is 1.59. The number of nitrogens with zero attached hydrogens (tertiary/aromatic N) is 2. The van der Waals surface area contributed by atoms with E-state index in [1.54, 1.807) is 22.1 Å². The van der Waals surface area contributed by atoms with Gasteiger partial charge >= 0.3 is 0 Å². The summed E-state index contributed by atoms with van der Waals surface area (Å²) in [6, 6.07) is 8.34. The molecule has 140 valence electrons. The van der Waals surface area contributed by atoms with Crippen LogP contribution in [0.15, 0.2) is 47.3 Å². The maximum atomic E-state index is 13.7. The molecular weight excluding hydrogens is 361 g/mol. The summed E-state index contributed by atoms with van der Waals surface area (Å²) in [5.74, 6) is -0.270. The molecule has 6 heteroatoms. The summed E-state index contributed by atoms with van der Waals surface area (Å²) in [5, 5.41) is 11.7. The van der Waals surface area contributed by atoms with Crippen molar-refractivity contribution in [1.82, 2.24) is 15.1 Å². The number of hydrogen-bond acceptors (Lipinski definition) is 3. The fourth-order valence-corrected chi connectivity index (χ4v) is 4.49. The number of fused-ring (bicyclic) bond motifs is 1. The molecule has 2 aromatic heterocycles. The third kappa shape index (κ3) is 3.81. The Hall–Kier alpha value is -2.47. The fraction of sp³-hybridized carbons (Fsp3) is 0.333. The lowest BCUT2D eigenvalue weighted by Crippen LogP contribution is -2.37. The van der Waals surface area contributed by atoms with Gasteiger partial charge in [0.15, 0.2) is 0 Å². The molecule has 27 heavy (non-hydrogen) atoms. The molecule has 1 N–H and O–H groups in total. The molecule has 0 bridgehead atoms. The number of carbonyl (C=O) groups is 1. The summed E-state index contributed by atoms with van der Waals surface area (Å²) in [6.07, 6.45) is 3.87. The number of halogens is 1. The van der Waals surface area contributed by atoms with E-state index in [9.17, 15) is 9.18 Å². The largest absolute Gasteiger partial charge is 0.349 e. The van der Waals surface area contributed by atoms with Gasteiger partial charge in [-0.1, -0.05) is 19.9 Å². The predicted octanol–water partition coefficient (Wildman–Crippen LogP) is 4.45. The van der Waals surface area contributed by atoms with Crippen LogP contribution in [-0.4, -0.2) is 15.7 Å². The molecule has 0 fully saturated rings. The topological polar surface area (TPSA) is 46.9 Å². The molecule has 1 amide bonds. The van der Waals surface area contributed by atoms with Crippen LogP contribution in [0.2, 0.25) is 0 Å². The fourth-order valence-electron chi connectivity index (χ4n) is 3.83. The Morgan fingerprint density at radius 3 is 3.00 bits per heavy atom. The molecular formula is C21H22FN3OS. The van der Waals surface area contributed by atoms with Gasteiger partial charge in [-0.15, -0.1) is 0 Å². The number of benzene rings is 1. The minimum absolute atomic E-state index is 0.0123. The van der Waals surface area contributed by atoms with Gasteiger partial charge in [-0.05, 0) is 58.8 Å². The first kappa shape index (κ1) is 17.9. The zero-order valence-electron chi connectivity index (χ0n) is 15.4. The summed E-state index contributed by atoms with van der Waals surface area (Å²) in [6.45, 7) is 4.38. The van der Waals surface area contributed by atoms with Crippen LogP contribution < -0.4 is 5.32 Å². The van der Waals surface area contributed by atoms with Crippen molar-refractivity contribution >= 4 is 17.2 Å². The van der Waals surface area contributed by atoms with Crippen molar-refractivity contribution in [3.05, 3.63) is 69.9 Å². The van der Waals surface area contributed by atoms with Crippen molar-refractivity contribution in [3.8, 4) is 5.69 Å². The summed E-state index contributed by atoms with van der Waals surface area (Å²) in [5.41, 5.74) is 3.81. The third-order valence-corrected chi connectivity index (χ3v) is 5.74. The molecule has 2 heterocycles. The van der Waals surface area contributed by atoms with E-state index in [4.69, 9.17) is 0 Å². The van der Waals surface area contributed by atoms with Gasteiger partial charge < -0.3 is 5.32 Å². The highest BCUT2D eigenvalue weighted by Gasteiger charge is 2.36. The minimum Gasteiger partial charge on any atom is -0.349 e. The van der Waals surface area contributed by atoms with Gasteiger partial charge in [0.05, 0.1) is 30.0 Å². The second-order valence-electron chi connectivity index (χ2n) is 7.91. The van der Waals surface area contributed by atoms with Gasteiger partial charge in [0, 0.05) is 5.56 Å². The van der Waals surface area contributed by atoms with Crippen molar-refractivity contribution in [3.63, 3.8) is 0 Å². The number of aromatic nitrogens is 2. The molecule has 0 unspecified atom stereocenters. The first-order chi connectivity index (χ1) is 12.9. The molecule has 0 radical (unpaired) electrons. The molecule has 1 aliphatic carbocycles. The number of amides is 1. The predicted molar refractivity (Wildman–Crippen MR) is 105 cm³/mol. The highest BCUT2D eigenvalue weighted by atomic mass is 32.1. The monoisotopic (exact) mass is 383 g/mol. The lowest BCUT2D eigenvalue weighted by molar-refractivity contribution is -0.121. The van der Waals surface area contributed by atoms with Gasteiger partial charge in [-0.25, -0.2) is 9.07 Å². The highest BCUT2D eigenvalue weighted by Crippen LogP contribution is 2.41. The number of thiophene rings is 1. The Labute approximate surface area is 162 Å². The number of nitrogens with one attached hydrogen (secondary N) is 1. The SMILES string of the molecule is CC1(C)Cc2c(cnn2-c2cccc(F)c2)[C@H](NC(=O)Cc2ccsc2)C1. The Kier molecular flexibility index (Phi) is 4.60. The standard InChI is InChI=1S/C21H22FN3OS/c1-21(2)10-18(24-20(26)8-14-6-7-27-13-14)17-12-23-25(19(17)11-21)16-5-3-4-15(22)9-16/h3-7,9,12-13,18H,8,10-11H2,1-2H3,(H,24,26)/t18-/m1/s1. The van der Waals surface area contributed by atoms with E-state index in [1.165, 1.54) is 12.1 Å². The average Bonchev–Trinajstić information content (AvgIpc) is 3.23. The van der Waals surface area contributed by atoms with Gasteiger partial charge in [0.1, 0.15) is 5.82 Å². The summed E-state index contributed by atoms with van der Waals surface area (Å²) in [7, 11) is 0. The van der Waals surface area contributed by atoms with Crippen LogP contribution in [0.5, 0.6) is 0 Å². The van der Waals surface area contributed by atoms with Gasteiger partial charge in [-0.2, -0.15) is 16.4 Å². The van der Waals surface area contributed by atoms with Gasteiger partial charge in [0.2, 0.25) is 5.91 Å². The Morgan fingerprint density at radius 1 is 1.41 bits per heavy atom. The van der Waals surface area contributed by atoms with Gasteiger partial charge in [0.25, 0.3) is 0 Å². The molecule has 0 spiro atoms. The average molecular weight is 383 g/mol. The minimum atomic E-state index is -0.285. The van der Waals surface area contributed by atoms with Crippen molar-refractivity contribution in [1.29, 1.82) is 0 Å². The van der Waals surface area contributed by atoms with E-state index in [0.717, 1.165) is 29.7 Å². The van der Waals surface area contributed by atoms with Crippen molar-refractivity contribution < 1.29 is 9.18 Å². The molecule has 1 aromatic carbocycles. The zero-order valence-corrected chi connectivity index (χ0v) is 16.2. The first-order valence-electron chi connectivity index (χ1n) is 9.04. The molecule has 0 aliphatic heterocycles. The van der Waals surface area contributed by atoms with E-state index in [2.05, 4.69) is 24.3 Å². The highest BCUT2D eigenvalue weighted by molar-refractivity contribution is 7.08. The molecule has 0 saturated heterocycles. The van der Waals surface area contributed by atoms with Crippen LogP contribution in [0.3, 0.4) is 0 Å². The van der Waals surface area contributed by atoms with Crippen LogP contribution in [0.4, 0.5) is 4.39 Å². The smallest absolute Gasteiger partial charge is 0.224 e. The van der Waals surface area contributed by atoms with Crippen LogP contribution in [0.1, 0.15) is 43.1 Å².